The molecule has 0 aromatic rings. The van der Waals surface area contributed by atoms with Gasteiger partial charge in [0.1, 0.15) is 19.8 Å². The maximum atomic E-state index is 12.7. The quantitative estimate of drug-likeness (QED) is 0.0159. The minimum absolute atomic E-state index is 0.0627. The molecule has 0 fully saturated rings. The largest absolute Gasteiger partial charge is 0.756 e. The van der Waals surface area contributed by atoms with Crippen molar-refractivity contribution >= 4 is 19.8 Å². The van der Waals surface area contributed by atoms with E-state index in [1.165, 1.54) is 25.7 Å². The second kappa shape index (κ2) is 42.3. The van der Waals surface area contributed by atoms with E-state index in [-0.39, 0.29) is 26.1 Å². The van der Waals surface area contributed by atoms with Gasteiger partial charge >= 0.3 is 11.9 Å². The number of likely N-dealkylation sites (N-methyl/N-ethyl adjacent to an activating group) is 1. The average molecular weight is 898 g/mol. The molecule has 0 amide bonds. The van der Waals surface area contributed by atoms with Crippen LogP contribution < -0.4 is 4.89 Å². The molecule has 0 aromatic carbocycles. The number of phosphoric ester groups is 1. The van der Waals surface area contributed by atoms with E-state index < -0.39 is 38.6 Å². The second-order valence-electron chi connectivity index (χ2n) is 16.2. The van der Waals surface area contributed by atoms with Crippen molar-refractivity contribution in [2.45, 2.75) is 148 Å². The molecule has 0 aliphatic heterocycles. The summed E-state index contributed by atoms with van der Waals surface area (Å²) >= 11 is 0. The maximum absolute atomic E-state index is 12.7. The van der Waals surface area contributed by atoms with Gasteiger partial charge in [0.25, 0.3) is 7.82 Å². The summed E-state index contributed by atoms with van der Waals surface area (Å²) < 4.78 is 33.8. The summed E-state index contributed by atoms with van der Waals surface area (Å²) in [5.41, 5.74) is 0. The number of hydrogen-bond acceptors (Lipinski definition) is 9. The van der Waals surface area contributed by atoms with Crippen LogP contribution in [0.3, 0.4) is 0 Å². The van der Waals surface area contributed by atoms with Gasteiger partial charge in [0.15, 0.2) is 6.10 Å². The fraction of sp³-hybridized carbons (Fsp3) is 0.577. The smallest absolute Gasteiger partial charge is 0.306 e. The Labute approximate surface area is 382 Å². The topological polar surface area (TPSA) is 131 Å². The number of phosphoric acid groups is 1. The highest BCUT2D eigenvalue weighted by Crippen LogP contribution is 2.38. The molecule has 0 radical (unpaired) electrons. The standard InChI is InChI=1S/C52H84NO9P/c1-6-8-10-11-12-13-14-15-16-17-18-19-20-23-27-30-33-36-40-44-52(56)62-50(48-61-63(57,58)60-46-45-53(3,4)5)47-59-51(55)43-39-35-32-29-26-24-21-22-25-28-31-34-38-42-49(54)41-37-9-7-2/h9,12-13,15-16,18-19,22-27,31-32,34-35,37-38,42,49-50,54H,6-8,10-11,14,17,20-21,28-30,33,36,39-41,43-48H2,1-5H3/b13-12-,16-15-,19-18-,25-22-,26-24-,27-23-,34-31+,35-32-,37-9-,42-38+/t49?,50-/m1/s1. The van der Waals surface area contributed by atoms with Gasteiger partial charge in [0.2, 0.25) is 0 Å². The number of carbonyl (C=O) groups excluding carboxylic acids is 2. The van der Waals surface area contributed by atoms with Crippen molar-refractivity contribution in [3.05, 3.63) is 122 Å². The summed E-state index contributed by atoms with van der Waals surface area (Å²) in [6.45, 7) is 3.82. The lowest BCUT2D eigenvalue weighted by Gasteiger charge is -2.28. The second-order valence-corrected chi connectivity index (χ2v) is 17.6. The van der Waals surface area contributed by atoms with Gasteiger partial charge in [-0.1, -0.05) is 155 Å². The molecule has 0 aromatic heterocycles. The van der Waals surface area contributed by atoms with Crippen LogP contribution in [-0.2, 0) is 32.7 Å². The first kappa shape index (κ1) is 59.4. The minimum Gasteiger partial charge on any atom is -0.756 e. The van der Waals surface area contributed by atoms with E-state index in [2.05, 4.69) is 86.8 Å². The Kier molecular flexibility index (Phi) is 39.9. The number of unbranched alkanes of at least 4 members (excludes halogenated alkanes) is 6. The third kappa shape index (κ3) is 46.2. The number of quaternary nitrogens is 1. The lowest BCUT2D eigenvalue weighted by atomic mass is 10.1. The molecule has 10 nitrogen and oxygen atoms in total. The summed E-state index contributed by atoms with van der Waals surface area (Å²) in [6, 6.07) is 0. The van der Waals surface area contributed by atoms with Gasteiger partial charge in [-0.15, -0.1) is 0 Å². The van der Waals surface area contributed by atoms with Crippen LogP contribution in [-0.4, -0.2) is 81.2 Å². The van der Waals surface area contributed by atoms with E-state index in [1.54, 1.807) is 6.08 Å². The molecule has 0 aliphatic rings. The van der Waals surface area contributed by atoms with Crippen LogP contribution in [0.4, 0.5) is 0 Å². The summed E-state index contributed by atoms with van der Waals surface area (Å²) in [7, 11) is 1.06. The predicted molar refractivity (Wildman–Crippen MR) is 260 cm³/mol. The molecule has 0 aliphatic carbocycles. The summed E-state index contributed by atoms with van der Waals surface area (Å²) in [6.07, 6.45) is 55.7. The van der Waals surface area contributed by atoms with Gasteiger partial charge < -0.3 is 33.0 Å². The fourth-order valence-electron chi connectivity index (χ4n) is 5.39. The van der Waals surface area contributed by atoms with E-state index in [4.69, 9.17) is 18.5 Å². The number of aliphatic hydroxyl groups excluding tert-OH is 1. The van der Waals surface area contributed by atoms with Crippen molar-refractivity contribution in [2.24, 2.45) is 0 Å². The lowest BCUT2D eigenvalue weighted by Crippen LogP contribution is -2.37. The normalized spacial score (nSPS) is 15.1. The van der Waals surface area contributed by atoms with Crippen molar-refractivity contribution in [3.63, 3.8) is 0 Å². The highest BCUT2D eigenvalue weighted by Gasteiger charge is 2.21. The number of nitrogens with zero attached hydrogens (tertiary/aromatic N) is 1. The van der Waals surface area contributed by atoms with Crippen LogP contribution in [0.25, 0.3) is 0 Å². The van der Waals surface area contributed by atoms with Gasteiger partial charge in [-0.3, -0.25) is 14.2 Å². The molecule has 63 heavy (non-hydrogen) atoms. The first-order valence-corrected chi connectivity index (χ1v) is 24.8. The van der Waals surface area contributed by atoms with Gasteiger partial charge in [-0.25, -0.2) is 0 Å². The number of allylic oxidation sites excluding steroid dienone is 18. The first-order chi connectivity index (χ1) is 30.4. The zero-order chi connectivity index (χ0) is 46.5. The minimum atomic E-state index is -4.67. The molecule has 0 saturated carbocycles. The Hall–Kier alpha value is -3.63. The van der Waals surface area contributed by atoms with Gasteiger partial charge in [0, 0.05) is 12.8 Å². The van der Waals surface area contributed by atoms with Crippen LogP contribution in [0.1, 0.15) is 136 Å². The van der Waals surface area contributed by atoms with Crippen LogP contribution in [0.5, 0.6) is 0 Å². The Bertz CT molecular complexity index is 1500. The van der Waals surface area contributed by atoms with Crippen molar-refractivity contribution in [1.29, 1.82) is 0 Å². The van der Waals surface area contributed by atoms with Gasteiger partial charge in [-0.05, 0) is 89.9 Å². The molecule has 0 rings (SSSR count). The average Bonchev–Trinajstić information content (AvgIpc) is 3.23. The van der Waals surface area contributed by atoms with Gasteiger partial charge in [-0.2, -0.15) is 0 Å². The zero-order valence-electron chi connectivity index (χ0n) is 39.6. The Morgan fingerprint density at radius 3 is 1.70 bits per heavy atom. The third-order valence-corrected chi connectivity index (χ3v) is 10.0. The summed E-state index contributed by atoms with van der Waals surface area (Å²) in [4.78, 5) is 37.6. The molecule has 1 N–H and O–H groups in total. The third-order valence-electron chi connectivity index (χ3n) is 9.06. The highest BCUT2D eigenvalue weighted by molar-refractivity contribution is 7.45. The van der Waals surface area contributed by atoms with Crippen LogP contribution in [0.15, 0.2) is 122 Å². The predicted octanol–water partition coefficient (Wildman–Crippen LogP) is 12.0. The number of rotatable bonds is 40. The van der Waals surface area contributed by atoms with Crippen molar-refractivity contribution in [2.75, 3.05) is 47.5 Å². The number of carbonyl (C=O) groups is 2. The highest BCUT2D eigenvalue weighted by atomic mass is 31.2. The molecular formula is C52H84NO9P. The molecule has 0 heterocycles. The van der Waals surface area contributed by atoms with E-state index in [0.29, 0.717) is 30.3 Å². The molecule has 2 unspecified atom stereocenters. The van der Waals surface area contributed by atoms with Crippen molar-refractivity contribution in [3.8, 4) is 0 Å². The zero-order valence-corrected chi connectivity index (χ0v) is 40.5. The maximum Gasteiger partial charge on any atom is 0.306 e. The van der Waals surface area contributed by atoms with E-state index in [0.717, 1.165) is 64.2 Å². The van der Waals surface area contributed by atoms with E-state index in [1.807, 2.05) is 63.7 Å². The SMILES string of the molecule is CC/C=C\CC(O)/C=C/C=C/C/C=C\C/C=C\C/C=C\CCC(=O)OC[C@H](COP(=O)([O-])OCC[N+](C)(C)C)OC(=O)CCCCC/C=C\C/C=C\C/C=C\C/C=C\CCCCC. The Morgan fingerprint density at radius 1 is 0.603 bits per heavy atom. The number of ether oxygens (including phenoxy) is 2. The van der Waals surface area contributed by atoms with Crippen molar-refractivity contribution in [1.82, 2.24) is 0 Å². The summed E-state index contributed by atoms with van der Waals surface area (Å²) in [5, 5.41) is 9.85. The molecule has 356 valence electrons. The van der Waals surface area contributed by atoms with E-state index >= 15 is 0 Å². The number of esters is 2. The number of aliphatic hydroxyl groups is 1. The van der Waals surface area contributed by atoms with Gasteiger partial charge in [0.05, 0.1) is 33.9 Å². The first-order valence-electron chi connectivity index (χ1n) is 23.4. The lowest BCUT2D eigenvalue weighted by molar-refractivity contribution is -0.870. The van der Waals surface area contributed by atoms with Crippen LogP contribution >= 0.6 is 7.82 Å². The van der Waals surface area contributed by atoms with Crippen molar-refractivity contribution < 1.29 is 47.2 Å². The fourth-order valence-corrected chi connectivity index (χ4v) is 6.12. The van der Waals surface area contributed by atoms with Crippen LogP contribution in [0.2, 0.25) is 0 Å². The molecule has 3 atom stereocenters. The Morgan fingerprint density at radius 2 is 1.14 bits per heavy atom. The number of hydrogen-bond donors (Lipinski definition) is 1. The Balaban J connectivity index is 4.57. The molecular weight excluding hydrogens is 814 g/mol. The monoisotopic (exact) mass is 898 g/mol. The molecule has 0 bridgehead atoms. The van der Waals surface area contributed by atoms with Crippen LogP contribution in [0, 0.1) is 0 Å². The molecule has 0 saturated heterocycles. The summed E-state index contributed by atoms with van der Waals surface area (Å²) in [5.74, 6) is -1.00. The van der Waals surface area contributed by atoms with E-state index in [9.17, 15) is 24.2 Å². The molecule has 0 spiro atoms. The molecule has 11 heteroatoms.